The Bertz CT molecular complexity index is 1040. The largest absolute Gasteiger partial charge is 0.495 e. The van der Waals surface area contributed by atoms with Gasteiger partial charge in [-0.05, 0) is 68.4 Å². The molecule has 3 rings (SSSR count). The SMILES string of the molecule is COc1ccc(NC(=O)COc2ccc(C(=O)Nn3c(C)ccc3C)cc2)cc1Cl. The number of anilines is 1. The fourth-order valence-electron chi connectivity index (χ4n) is 2.80. The molecule has 2 amide bonds. The molecule has 2 N–H and O–H groups in total. The third kappa shape index (κ3) is 5.12. The molecule has 0 spiro atoms. The van der Waals surface area contributed by atoms with Gasteiger partial charge in [0.1, 0.15) is 11.5 Å². The number of nitrogens with one attached hydrogen (secondary N) is 2. The van der Waals surface area contributed by atoms with E-state index in [4.69, 9.17) is 21.1 Å². The van der Waals surface area contributed by atoms with Crippen LogP contribution in [0.15, 0.2) is 54.6 Å². The van der Waals surface area contributed by atoms with Crippen molar-refractivity contribution in [1.82, 2.24) is 4.68 Å². The molecule has 156 valence electrons. The first kappa shape index (κ1) is 21.3. The van der Waals surface area contributed by atoms with E-state index in [0.29, 0.717) is 27.8 Å². The molecule has 0 unspecified atom stereocenters. The smallest absolute Gasteiger partial charge is 0.270 e. The second kappa shape index (κ2) is 9.37. The van der Waals surface area contributed by atoms with Gasteiger partial charge in [-0.1, -0.05) is 11.6 Å². The zero-order valence-corrected chi connectivity index (χ0v) is 17.6. The van der Waals surface area contributed by atoms with Crippen LogP contribution >= 0.6 is 11.6 Å². The van der Waals surface area contributed by atoms with Crippen LogP contribution in [0.1, 0.15) is 21.7 Å². The molecule has 0 aliphatic rings. The number of carbonyl (C=O) groups is 2. The van der Waals surface area contributed by atoms with Gasteiger partial charge in [-0.25, -0.2) is 0 Å². The van der Waals surface area contributed by atoms with Gasteiger partial charge < -0.3 is 14.8 Å². The number of nitrogens with zero attached hydrogens (tertiary/aromatic N) is 1. The first-order chi connectivity index (χ1) is 14.4. The molecular formula is C22H22ClN3O4. The Labute approximate surface area is 179 Å². The van der Waals surface area contributed by atoms with Crippen molar-refractivity contribution in [1.29, 1.82) is 0 Å². The lowest BCUT2D eigenvalue weighted by atomic mass is 10.2. The van der Waals surface area contributed by atoms with E-state index in [2.05, 4.69) is 10.7 Å². The van der Waals surface area contributed by atoms with E-state index in [9.17, 15) is 9.59 Å². The van der Waals surface area contributed by atoms with Crippen molar-refractivity contribution < 1.29 is 19.1 Å². The minimum atomic E-state index is -0.336. The molecule has 1 heterocycles. The second-order valence-corrected chi connectivity index (χ2v) is 7.01. The number of halogens is 1. The van der Waals surface area contributed by atoms with Gasteiger partial charge in [-0.2, -0.15) is 0 Å². The Morgan fingerprint density at radius 3 is 2.27 bits per heavy atom. The molecule has 0 aliphatic heterocycles. The van der Waals surface area contributed by atoms with Crippen LogP contribution in [-0.2, 0) is 4.79 Å². The summed E-state index contributed by atoms with van der Waals surface area (Å²) in [5.41, 5.74) is 5.73. The molecule has 0 aliphatic carbocycles. The Morgan fingerprint density at radius 2 is 1.67 bits per heavy atom. The van der Waals surface area contributed by atoms with E-state index in [1.807, 2.05) is 26.0 Å². The molecular weight excluding hydrogens is 406 g/mol. The molecule has 3 aromatic rings. The molecule has 0 atom stereocenters. The molecule has 0 radical (unpaired) electrons. The third-order valence-corrected chi connectivity index (χ3v) is 4.70. The summed E-state index contributed by atoms with van der Waals surface area (Å²) in [6.07, 6.45) is 0. The molecule has 1 aromatic heterocycles. The van der Waals surface area contributed by atoms with Crippen LogP contribution in [0.4, 0.5) is 5.69 Å². The second-order valence-electron chi connectivity index (χ2n) is 6.60. The minimum absolute atomic E-state index is 0.184. The number of aromatic nitrogens is 1. The highest BCUT2D eigenvalue weighted by Gasteiger charge is 2.10. The van der Waals surface area contributed by atoms with E-state index in [-0.39, 0.29) is 18.4 Å². The summed E-state index contributed by atoms with van der Waals surface area (Å²) in [7, 11) is 1.52. The average molecular weight is 428 g/mol. The number of hydrogen-bond acceptors (Lipinski definition) is 4. The Kier molecular flexibility index (Phi) is 6.64. The number of rotatable bonds is 7. The highest BCUT2D eigenvalue weighted by atomic mass is 35.5. The number of aryl methyl sites for hydroxylation is 2. The molecule has 7 nitrogen and oxygen atoms in total. The lowest BCUT2D eigenvalue weighted by Gasteiger charge is -2.12. The van der Waals surface area contributed by atoms with E-state index >= 15 is 0 Å². The van der Waals surface area contributed by atoms with Crippen molar-refractivity contribution in [3.05, 3.63) is 76.6 Å². The van der Waals surface area contributed by atoms with Crippen LogP contribution in [0.3, 0.4) is 0 Å². The van der Waals surface area contributed by atoms with Gasteiger partial charge in [0, 0.05) is 22.6 Å². The number of benzene rings is 2. The van der Waals surface area contributed by atoms with E-state index in [0.717, 1.165) is 11.4 Å². The number of carbonyl (C=O) groups excluding carboxylic acids is 2. The minimum Gasteiger partial charge on any atom is -0.495 e. The lowest BCUT2D eigenvalue weighted by Crippen LogP contribution is -2.24. The summed E-state index contributed by atoms with van der Waals surface area (Å²) in [4.78, 5) is 24.5. The van der Waals surface area contributed by atoms with Gasteiger partial charge in [0.15, 0.2) is 6.61 Å². The highest BCUT2D eigenvalue weighted by molar-refractivity contribution is 6.32. The predicted octanol–water partition coefficient (Wildman–Crippen LogP) is 4.17. The van der Waals surface area contributed by atoms with Crippen molar-refractivity contribution in [2.75, 3.05) is 24.5 Å². The van der Waals surface area contributed by atoms with Gasteiger partial charge in [0.2, 0.25) is 0 Å². The van der Waals surface area contributed by atoms with Crippen LogP contribution in [0, 0.1) is 13.8 Å². The van der Waals surface area contributed by atoms with Crippen molar-refractivity contribution in [2.24, 2.45) is 0 Å². The van der Waals surface area contributed by atoms with Crippen molar-refractivity contribution in [3.63, 3.8) is 0 Å². The number of hydrogen-bond donors (Lipinski definition) is 2. The quantitative estimate of drug-likeness (QED) is 0.593. The predicted molar refractivity (Wildman–Crippen MR) is 116 cm³/mol. The van der Waals surface area contributed by atoms with Crippen molar-refractivity contribution in [3.8, 4) is 11.5 Å². The summed E-state index contributed by atoms with van der Waals surface area (Å²) in [6, 6.07) is 15.4. The van der Waals surface area contributed by atoms with Gasteiger partial charge in [-0.15, -0.1) is 0 Å². The zero-order chi connectivity index (χ0) is 21.7. The van der Waals surface area contributed by atoms with Gasteiger partial charge >= 0.3 is 0 Å². The van der Waals surface area contributed by atoms with Gasteiger partial charge in [0.25, 0.3) is 11.8 Å². The molecule has 30 heavy (non-hydrogen) atoms. The first-order valence-electron chi connectivity index (χ1n) is 9.20. The fraction of sp³-hybridized carbons (Fsp3) is 0.182. The van der Waals surface area contributed by atoms with Gasteiger partial charge in [0.05, 0.1) is 12.1 Å². The van der Waals surface area contributed by atoms with Crippen LogP contribution in [0.5, 0.6) is 11.5 Å². The fourth-order valence-corrected chi connectivity index (χ4v) is 3.06. The molecule has 0 saturated heterocycles. The maximum Gasteiger partial charge on any atom is 0.270 e. The summed E-state index contributed by atoms with van der Waals surface area (Å²) in [5.74, 6) is 0.426. The molecule has 0 fully saturated rings. The number of ether oxygens (including phenoxy) is 2. The summed E-state index contributed by atoms with van der Waals surface area (Å²) in [6.45, 7) is 3.64. The third-order valence-electron chi connectivity index (χ3n) is 4.41. The average Bonchev–Trinajstić information content (AvgIpc) is 3.05. The van der Waals surface area contributed by atoms with E-state index in [1.165, 1.54) is 7.11 Å². The molecule has 0 saturated carbocycles. The Morgan fingerprint density at radius 1 is 1.00 bits per heavy atom. The van der Waals surface area contributed by atoms with Crippen LogP contribution in [-0.4, -0.2) is 30.2 Å². The topological polar surface area (TPSA) is 81.6 Å². The molecule has 0 bridgehead atoms. The summed E-state index contributed by atoms with van der Waals surface area (Å²) >= 11 is 6.05. The standard InChI is InChI=1S/C22H22ClN3O4/c1-14-4-5-15(2)26(14)25-22(28)16-6-9-18(10-7-16)30-13-21(27)24-17-8-11-20(29-3)19(23)12-17/h4-12H,13H2,1-3H3,(H,24,27)(H,25,28). The number of methoxy groups -OCH3 is 1. The summed E-state index contributed by atoms with van der Waals surface area (Å²) in [5, 5.41) is 3.10. The van der Waals surface area contributed by atoms with E-state index < -0.39 is 0 Å². The number of amides is 2. The highest BCUT2D eigenvalue weighted by Crippen LogP contribution is 2.27. The maximum atomic E-state index is 12.4. The molecule has 2 aromatic carbocycles. The van der Waals surface area contributed by atoms with Crippen LogP contribution < -0.4 is 20.2 Å². The monoisotopic (exact) mass is 427 g/mol. The molecule has 8 heteroatoms. The Hall–Kier alpha value is -3.45. The van der Waals surface area contributed by atoms with E-state index in [1.54, 1.807) is 47.1 Å². The maximum absolute atomic E-state index is 12.4. The summed E-state index contributed by atoms with van der Waals surface area (Å²) < 4.78 is 12.3. The lowest BCUT2D eigenvalue weighted by molar-refractivity contribution is -0.118. The van der Waals surface area contributed by atoms with Crippen LogP contribution in [0.25, 0.3) is 0 Å². The first-order valence-corrected chi connectivity index (χ1v) is 9.57. The Balaban J connectivity index is 1.53. The van der Waals surface area contributed by atoms with Crippen LogP contribution in [0.2, 0.25) is 5.02 Å². The van der Waals surface area contributed by atoms with Gasteiger partial charge in [-0.3, -0.25) is 19.7 Å². The zero-order valence-electron chi connectivity index (χ0n) is 16.9. The normalized spacial score (nSPS) is 10.4. The van der Waals surface area contributed by atoms with Crippen molar-refractivity contribution in [2.45, 2.75) is 13.8 Å². The van der Waals surface area contributed by atoms with Crippen molar-refractivity contribution >= 4 is 29.1 Å².